The first-order chi connectivity index (χ1) is 9.97. The predicted octanol–water partition coefficient (Wildman–Crippen LogP) is 2.61. The van der Waals surface area contributed by atoms with Crippen molar-refractivity contribution in [3.63, 3.8) is 0 Å². The molecule has 3 N–H and O–H groups in total. The number of nitrogens with two attached hydrogens (primary N) is 1. The average Bonchev–Trinajstić information content (AvgIpc) is 2.47. The summed E-state index contributed by atoms with van der Waals surface area (Å²) in [5.74, 6) is -0.261. The molecule has 4 heteroatoms. The van der Waals surface area contributed by atoms with Gasteiger partial charge in [0.25, 0.3) is 0 Å². The van der Waals surface area contributed by atoms with Crippen LogP contribution in [0.1, 0.15) is 18.1 Å². The van der Waals surface area contributed by atoms with Crippen molar-refractivity contribution in [1.29, 1.82) is 0 Å². The summed E-state index contributed by atoms with van der Waals surface area (Å²) in [7, 11) is 0. The molecule has 0 fully saturated rings. The molecule has 4 nitrogen and oxygen atoms in total. The summed E-state index contributed by atoms with van der Waals surface area (Å²) in [5.41, 5.74) is 6.44. The summed E-state index contributed by atoms with van der Waals surface area (Å²) in [6, 6.07) is 17.2. The third-order valence-corrected chi connectivity index (χ3v) is 3.23. The van der Waals surface area contributed by atoms with E-state index in [0.717, 1.165) is 16.9 Å². The van der Waals surface area contributed by atoms with Gasteiger partial charge >= 0.3 is 5.97 Å². The van der Waals surface area contributed by atoms with Crippen LogP contribution in [-0.2, 0) is 17.8 Å². The van der Waals surface area contributed by atoms with Gasteiger partial charge < -0.3 is 15.6 Å². The van der Waals surface area contributed by atoms with Gasteiger partial charge in [-0.05, 0) is 30.2 Å². The lowest BCUT2D eigenvalue weighted by molar-refractivity contribution is -0.142. The van der Waals surface area contributed by atoms with Crippen LogP contribution in [0.5, 0.6) is 5.75 Å². The Kier molecular flexibility index (Phi) is 4.60. The Labute approximate surface area is 124 Å². The monoisotopic (exact) mass is 285 g/mol. The highest BCUT2D eigenvalue weighted by Crippen LogP contribution is 2.17. The zero-order valence-electron chi connectivity index (χ0n) is 12.0. The van der Waals surface area contributed by atoms with Crippen LogP contribution in [0.3, 0.4) is 0 Å². The summed E-state index contributed by atoms with van der Waals surface area (Å²) >= 11 is 0. The van der Waals surface area contributed by atoms with Gasteiger partial charge in [0.1, 0.15) is 17.9 Å². The van der Waals surface area contributed by atoms with E-state index in [-0.39, 0.29) is 6.42 Å². The van der Waals surface area contributed by atoms with E-state index in [2.05, 4.69) is 0 Å². The number of benzene rings is 2. The lowest BCUT2D eigenvalue weighted by atomic mass is 9.94. The molecule has 2 aromatic rings. The summed E-state index contributed by atoms with van der Waals surface area (Å²) in [6.45, 7) is 2.01. The SMILES string of the molecule is C[C@](N)(Cc1ccc(OCc2ccccc2)cc1)C(=O)O. The number of aliphatic carboxylic acids is 1. The van der Waals surface area contributed by atoms with Gasteiger partial charge in [0.2, 0.25) is 0 Å². The van der Waals surface area contributed by atoms with Crippen LogP contribution in [0.25, 0.3) is 0 Å². The number of carboxylic acids is 1. The van der Waals surface area contributed by atoms with E-state index >= 15 is 0 Å². The normalized spacial score (nSPS) is 13.4. The Hall–Kier alpha value is -2.33. The van der Waals surface area contributed by atoms with E-state index in [1.54, 1.807) is 0 Å². The second kappa shape index (κ2) is 6.41. The largest absolute Gasteiger partial charge is 0.489 e. The zero-order valence-corrected chi connectivity index (χ0v) is 12.0. The zero-order chi connectivity index (χ0) is 15.3. The van der Waals surface area contributed by atoms with Crippen molar-refractivity contribution in [2.24, 2.45) is 5.73 Å². The Balaban J connectivity index is 1.95. The fraction of sp³-hybridized carbons (Fsp3) is 0.235. The van der Waals surface area contributed by atoms with Crippen LogP contribution in [0.4, 0.5) is 0 Å². The fourth-order valence-electron chi connectivity index (χ4n) is 1.94. The molecule has 1 atom stereocenters. The smallest absolute Gasteiger partial charge is 0.323 e. The van der Waals surface area contributed by atoms with Gasteiger partial charge in [-0.2, -0.15) is 0 Å². The van der Waals surface area contributed by atoms with Gasteiger partial charge in [0.05, 0.1) is 0 Å². The number of hydrogen-bond acceptors (Lipinski definition) is 3. The van der Waals surface area contributed by atoms with Gasteiger partial charge in [-0.25, -0.2) is 0 Å². The van der Waals surface area contributed by atoms with Crippen molar-refractivity contribution in [3.8, 4) is 5.75 Å². The highest BCUT2D eigenvalue weighted by molar-refractivity contribution is 5.78. The number of carbonyl (C=O) groups is 1. The van der Waals surface area contributed by atoms with Crippen molar-refractivity contribution < 1.29 is 14.6 Å². The first kappa shape index (κ1) is 15.1. The maximum absolute atomic E-state index is 11.0. The Morgan fingerprint density at radius 2 is 1.71 bits per heavy atom. The molecule has 0 saturated carbocycles. The first-order valence-corrected chi connectivity index (χ1v) is 6.75. The molecule has 2 aromatic carbocycles. The minimum absolute atomic E-state index is 0.279. The minimum Gasteiger partial charge on any atom is -0.489 e. The van der Waals surface area contributed by atoms with Crippen molar-refractivity contribution in [2.75, 3.05) is 0 Å². The molecule has 110 valence electrons. The highest BCUT2D eigenvalue weighted by atomic mass is 16.5. The molecule has 0 saturated heterocycles. The van der Waals surface area contributed by atoms with Gasteiger partial charge in [0, 0.05) is 6.42 Å². The molecule has 21 heavy (non-hydrogen) atoms. The molecular formula is C17H19NO3. The summed E-state index contributed by atoms with van der Waals surface area (Å²) in [5, 5.41) is 9.02. The van der Waals surface area contributed by atoms with Gasteiger partial charge in [0.15, 0.2) is 0 Å². The minimum atomic E-state index is -1.26. The van der Waals surface area contributed by atoms with Crippen molar-refractivity contribution >= 4 is 5.97 Å². The number of rotatable bonds is 6. The molecular weight excluding hydrogens is 266 g/mol. The van der Waals surface area contributed by atoms with Crippen LogP contribution >= 0.6 is 0 Å². The van der Waals surface area contributed by atoms with Crippen LogP contribution in [0.2, 0.25) is 0 Å². The van der Waals surface area contributed by atoms with Crippen LogP contribution in [0.15, 0.2) is 54.6 Å². The van der Waals surface area contributed by atoms with E-state index in [0.29, 0.717) is 6.61 Å². The number of hydrogen-bond donors (Lipinski definition) is 2. The Bertz CT molecular complexity index is 591. The average molecular weight is 285 g/mol. The van der Waals surface area contributed by atoms with Gasteiger partial charge in [-0.15, -0.1) is 0 Å². The molecule has 0 radical (unpaired) electrons. The summed E-state index contributed by atoms with van der Waals surface area (Å²) in [6.07, 6.45) is 0.279. The van der Waals surface area contributed by atoms with Crippen LogP contribution in [0, 0.1) is 0 Å². The van der Waals surface area contributed by atoms with E-state index < -0.39 is 11.5 Å². The first-order valence-electron chi connectivity index (χ1n) is 6.75. The molecule has 0 aliphatic rings. The predicted molar refractivity (Wildman–Crippen MR) is 81.1 cm³/mol. The highest BCUT2D eigenvalue weighted by Gasteiger charge is 2.27. The molecule has 0 spiro atoms. The molecule has 0 amide bonds. The molecule has 0 aliphatic heterocycles. The molecule has 0 heterocycles. The third-order valence-electron chi connectivity index (χ3n) is 3.23. The topological polar surface area (TPSA) is 72.5 Å². The van der Waals surface area contributed by atoms with Crippen LogP contribution in [-0.4, -0.2) is 16.6 Å². The second-order valence-electron chi connectivity index (χ2n) is 5.32. The van der Waals surface area contributed by atoms with E-state index in [1.165, 1.54) is 6.92 Å². The standard InChI is InChI=1S/C17H19NO3/c1-17(18,16(19)20)11-13-7-9-15(10-8-13)21-12-14-5-3-2-4-6-14/h2-10H,11-12,18H2,1H3,(H,19,20)/t17-/m0/s1. The van der Waals surface area contributed by atoms with Crippen molar-refractivity contribution in [1.82, 2.24) is 0 Å². The van der Waals surface area contributed by atoms with Crippen molar-refractivity contribution in [2.45, 2.75) is 25.5 Å². The Morgan fingerprint density at radius 3 is 2.29 bits per heavy atom. The lowest BCUT2D eigenvalue weighted by Crippen LogP contribution is -2.46. The maximum Gasteiger partial charge on any atom is 0.323 e. The Morgan fingerprint density at radius 1 is 1.10 bits per heavy atom. The molecule has 0 aromatic heterocycles. The summed E-state index contributed by atoms with van der Waals surface area (Å²) in [4.78, 5) is 11.0. The van der Waals surface area contributed by atoms with Crippen molar-refractivity contribution in [3.05, 3.63) is 65.7 Å². The number of ether oxygens (including phenoxy) is 1. The quantitative estimate of drug-likeness (QED) is 0.855. The lowest BCUT2D eigenvalue weighted by Gasteiger charge is -2.19. The van der Waals surface area contributed by atoms with Crippen LogP contribution < -0.4 is 10.5 Å². The summed E-state index contributed by atoms with van der Waals surface area (Å²) < 4.78 is 5.68. The third kappa shape index (κ3) is 4.33. The van der Waals surface area contributed by atoms with Gasteiger partial charge in [-0.3, -0.25) is 4.79 Å². The number of carboxylic acid groups (broad SMARTS) is 1. The second-order valence-corrected chi connectivity index (χ2v) is 5.32. The maximum atomic E-state index is 11.0. The van der Waals surface area contributed by atoms with E-state index in [4.69, 9.17) is 15.6 Å². The molecule has 2 rings (SSSR count). The molecule has 0 bridgehead atoms. The fourth-order valence-corrected chi connectivity index (χ4v) is 1.94. The van der Waals surface area contributed by atoms with Gasteiger partial charge in [-0.1, -0.05) is 42.5 Å². The molecule has 0 aliphatic carbocycles. The van der Waals surface area contributed by atoms with E-state index in [9.17, 15) is 4.79 Å². The molecule has 0 unspecified atom stereocenters. The van der Waals surface area contributed by atoms with E-state index in [1.807, 2.05) is 54.6 Å².